The van der Waals surface area contributed by atoms with E-state index in [4.69, 9.17) is 4.74 Å². The van der Waals surface area contributed by atoms with Crippen molar-refractivity contribution >= 4 is 27.6 Å². The predicted octanol–water partition coefficient (Wildman–Crippen LogP) is 3.13. The van der Waals surface area contributed by atoms with Gasteiger partial charge in [0.25, 0.3) is 0 Å². The van der Waals surface area contributed by atoms with Crippen LogP contribution in [0.4, 0.5) is 5.69 Å². The summed E-state index contributed by atoms with van der Waals surface area (Å²) in [5, 5.41) is 2.79. The van der Waals surface area contributed by atoms with Gasteiger partial charge in [-0.2, -0.15) is 4.31 Å². The maximum Gasteiger partial charge on any atom is 0.339 e. The average molecular weight is 431 g/mol. The van der Waals surface area contributed by atoms with Gasteiger partial charge >= 0.3 is 5.97 Å². The molecule has 1 amide bonds. The van der Waals surface area contributed by atoms with E-state index in [0.717, 1.165) is 5.56 Å². The molecule has 0 bridgehead atoms. The van der Waals surface area contributed by atoms with Crippen LogP contribution in [0.5, 0.6) is 0 Å². The molecule has 1 N–H and O–H groups in total. The maximum absolute atomic E-state index is 13.0. The number of anilines is 1. The number of hydrogen-bond acceptors (Lipinski definition) is 5. The Labute approximate surface area is 177 Å². The van der Waals surface area contributed by atoms with Crippen LogP contribution in [0.2, 0.25) is 0 Å². The van der Waals surface area contributed by atoms with Gasteiger partial charge in [0.05, 0.1) is 23.3 Å². The van der Waals surface area contributed by atoms with E-state index in [1.165, 1.54) is 11.4 Å². The SMILES string of the molecule is COC(=O)c1ccccc1NC(=O)C1CCN(S(=O)(=O)c2ccc(C)cc2C)CC1. The van der Waals surface area contributed by atoms with Crippen LogP contribution < -0.4 is 5.32 Å². The molecule has 2 aromatic carbocycles. The van der Waals surface area contributed by atoms with Crippen molar-refractivity contribution in [2.75, 3.05) is 25.5 Å². The Morgan fingerprint density at radius 2 is 1.73 bits per heavy atom. The standard InChI is InChI=1S/C22H26N2O5S/c1-15-8-9-20(16(2)14-15)30(27,28)24-12-10-17(11-13-24)21(25)23-19-7-5-4-6-18(19)22(26)29-3/h4-9,14,17H,10-13H2,1-3H3,(H,23,25). The van der Waals surface area contributed by atoms with E-state index in [1.54, 1.807) is 43.3 Å². The van der Waals surface area contributed by atoms with Crippen LogP contribution in [-0.2, 0) is 19.6 Å². The highest BCUT2D eigenvalue weighted by Crippen LogP contribution is 2.27. The first-order chi connectivity index (χ1) is 14.2. The van der Waals surface area contributed by atoms with Crippen LogP contribution in [-0.4, -0.2) is 44.8 Å². The fourth-order valence-electron chi connectivity index (χ4n) is 3.70. The number of nitrogens with zero attached hydrogens (tertiary/aromatic N) is 1. The second kappa shape index (κ2) is 8.97. The lowest BCUT2D eigenvalue weighted by atomic mass is 9.97. The molecule has 30 heavy (non-hydrogen) atoms. The van der Waals surface area contributed by atoms with Crippen molar-refractivity contribution in [1.29, 1.82) is 0 Å². The number of ether oxygens (including phenoxy) is 1. The van der Waals surface area contributed by atoms with Gasteiger partial charge in [0.1, 0.15) is 0 Å². The van der Waals surface area contributed by atoms with Crippen LogP contribution in [0, 0.1) is 19.8 Å². The van der Waals surface area contributed by atoms with Gasteiger partial charge in [-0.15, -0.1) is 0 Å². The number of hydrogen-bond donors (Lipinski definition) is 1. The zero-order valence-electron chi connectivity index (χ0n) is 17.3. The summed E-state index contributed by atoms with van der Waals surface area (Å²) in [6, 6.07) is 11.9. The van der Waals surface area contributed by atoms with Gasteiger partial charge in [0, 0.05) is 19.0 Å². The maximum atomic E-state index is 13.0. The molecule has 0 spiro atoms. The largest absolute Gasteiger partial charge is 0.465 e. The molecule has 7 nitrogen and oxygen atoms in total. The number of nitrogens with one attached hydrogen (secondary N) is 1. The lowest BCUT2D eigenvalue weighted by Gasteiger charge is -2.31. The molecule has 1 aliphatic rings. The van der Waals surface area contributed by atoms with Gasteiger partial charge in [-0.05, 0) is 50.5 Å². The summed E-state index contributed by atoms with van der Waals surface area (Å²) in [5.41, 5.74) is 2.39. The first kappa shape index (κ1) is 22.0. The molecule has 1 saturated heterocycles. The number of para-hydroxylation sites is 1. The van der Waals surface area contributed by atoms with Crippen LogP contribution in [0.3, 0.4) is 0 Å². The predicted molar refractivity (Wildman–Crippen MR) is 114 cm³/mol. The van der Waals surface area contributed by atoms with E-state index in [-0.39, 0.29) is 30.5 Å². The van der Waals surface area contributed by atoms with E-state index in [9.17, 15) is 18.0 Å². The molecule has 0 atom stereocenters. The zero-order valence-corrected chi connectivity index (χ0v) is 18.2. The third kappa shape index (κ3) is 4.55. The summed E-state index contributed by atoms with van der Waals surface area (Å²) in [4.78, 5) is 24.9. The summed E-state index contributed by atoms with van der Waals surface area (Å²) < 4.78 is 32.2. The number of esters is 1. The number of rotatable bonds is 5. The molecule has 3 rings (SSSR count). The van der Waals surface area contributed by atoms with Crippen molar-refractivity contribution < 1.29 is 22.7 Å². The van der Waals surface area contributed by atoms with Crippen LogP contribution in [0.25, 0.3) is 0 Å². The Morgan fingerprint density at radius 1 is 1.07 bits per heavy atom. The molecule has 1 aliphatic heterocycles. The summed E-state index contributed by atoms with van der Waals surface area (Å²) in [6.07, 6.45) is 0.826. The molecule has 160 valence electrons. The molecule has 0 saturated carbocycles. The van der Waals surface area contributed by atoms with E-state index in [0.29, 0.717) is 29.0 Å². The van der Waals surface area contributed by atoms with Crippen LogP contribution in [0.15, 0.2) is 47.4 Å². The highest BCUT2D eigenvalue weighted by Gasteiger charge is 2.33. The highest BCUT2D eigenvalue weighted by molar-refractivity contribution is 7.89. The number of aryl methyl sites for hydroxylation is 2. The summed E-state index contributed by atoms with van der Waals surface area (Å²) >= 11 is 0. The third-order valence-electron chi connectivity index (χ3n) is 5.36. The quantitative estimate of drug-likeness (QED) is 0.736. The molecule has 0 aliphatic carbocycles. The zero-order chi connectivity index (χ0) is 21.9. The van der Waals surface area contributed by atoms with Crippen LogP contribution >= 0.6 is 0 Å². The van der Waals surface area contributed by atoms with Gasteiger partial charge in [-0.3, -0.25) is 4.79 Å². The Kier molecular flexibility index (Phi) is 6.58. The van der Waals surface area contributed by atoms with E-state index < -0.39 is 16.0 Å². The van der Waals surface area contributed by atoms with Gasteiger partial charge < -0.3 is 10.1 Å². The van der Waals surface area contributed by atoms with Crippen molar-refractivity contribution in [1.82, 2.24) is 4.31 Å². The first-order valence-electron chi connectivity index (χ1n) is 9.79. The van der Waals surface area contributed by atoms with Gasteiger partial charge in [0.2, 0.25) is 15.9 Å². The molecule has 0 unspecified atom stereocenters. The molecular formula is C22H26N2O5S. The Bertz CT molecular complexity index is 1060. The summed E-state index contributed by atoms with van der Waals surface area (Å²) in [7, 11) is -2.31. The summed E-state index contributed by atoms with van der Waals surface area (Å²) in [6.45, 7) is 4.25. The second-order valence-electron chi connectivity index (χ2n) is 7.47. The molecule has 8 heteroatoms. The minimum atomic E-state index is -3.60. The normalized spacial score (nSPS) is 15.6. The number of sulfonamides is 1. The topological polar surface area (TPSA) is 92.8 Å². The number of amides is 1. The fraction of sp³-hybridized carbons (Fsp3) is 0.364. The van der Waals surface area contributed by atoms with E-state index >= 15 is 0 Å². The Balaban J connectivity index is 1.67. The molecule has 2 aromatic rings. The molecule has 1 fully saturated rings. The van der Waals surface area contributed by atoms with Crippen molar-refractivity contribution in [2.45, 2.75) is 31.6 Å². The van der Waals surface area contributed by atoms with Crippen molar-refractivity contribution in [3.8, 4) is 0 Å². The second-order valence-corrected chi connectivity index (χ2v) is 9.38. The van der Waals surface area contributed by atoms with Crippen molar-refractivity contribution in [3.63, 3.8) is 0 Å². The lowest BCUT2D eigenvalue weighted by molar-refractivity contribution is -0.120. The molecule has 0 radical (unpaired) electrons. The fourth-order valence-corrected chi connectivity index (χ4v) is 5.38. The molecule has 0 aromatic heterocycles. The first-order valence-corrected chi connectivity index (χ1v) is 11.2. The average Bonchev–Trinajstić information content (AvgIpc) is 2.73. The minimum Gasteiger partial charge on any atom is -0.465 e. The van der Waals surface area contributed by atoms with Gasteiger partial charge in [-0.1, -0.05) is 29.8 Å². The third-order valence-corrected chi connectivity index (χ3v) is 7.42. The van der Waals surface area contributed by atoms with Gasteiger partial charge in [-0.25, -0.2) is 13.2 Å². The molecule has 1 heterocycles. The number of piperidine rings is 1. The summed E-state index contributed by atoms with van der Waals surface area (Å²) in [5.74, 6) is -1.09. The number of methoxy groups -OCH3 is 1. The smallest absolute Gasteiger partial charge is 0.339 e. The van der Waals surface area contributed by atoms with Crippen molar-refractivity contribution in [3.05, 3.63) is 59.2 Å². The molecular weight excluding hydrogens is 404 g/mol. The van der Waals surface area contributed by atoms with Crippen molar-refractivity contribution in [2.24, 2.45) is 5.92 Å². The highest BCUT2D eigenvalue weighted by atomic mass is 32.2. The lowest BCUT2D eigenvalue weighted by Crippen LogP contribution is -2.41. The Morgan fingerprint density at radius 3 is 2.37 bits per heavy atom. The van der Waals surface area contributed by atoms with Gasteiger partial charge in [0.15, 0.2) is 0 Å². The van der Waals surface area contributed by atoms with E-state index in [2.05, 4.69) is 5.32 Å². The minimum absolute atomic E-state index is 0.227. The number of carbonyl (C=O) groups is 2. The Hall–Kier alpha value is -2.71. The van der Waals surface area contributed by atoms with Crippen LogP contribution in [0.1, 0.15) is 34.3 Å². The van der Waals surface area contributed by atoms with E-state index in [1.807, 2.05) is 13.0 Å². The number of benzene rings is 2. The number of carbonyl (C=O) groups excluding carboxylic acids is 2. The monoisotopic (exact) mass is 430 g/mol.